The zero-order valence-corrected chi connectivity index (χ0v) is 19.2. The third-order valence-corrected chi connectivity index (χ3v) is 6.63. The van der Waals surface area contributed by atoms with E-state index in [1.807, 2.05) is 24.3 Å². The maximum Gasteiger partial charge on any atom is 0.292 e. The minimum absolute atomic E-state index is 0.00134. The van der Waals surface area contributed by atoms with E-state index in [1.165, 1.54) is 0 Å². The summed E-state index contributed by atoms with van der Waals surface area (Å²) in [6.45, 7) is 8.97. The molecular formula is C25H33N3O4. The summed E-state index contributed by atoms with van der Waals surface area (Å²) in [5.41, 5.74) is 1.27. The average molecular weight is 440 g/mol. The van der Waals surface area contributed by atoms with Crippen LogP contribution in [0.2, 0.25) is 0 Å². The molecule has 2 atom stereocenters. The van der Waals surface area contributed by atoms with Gasteiger partial charge in [0, 0.05) is 36.2 Å². The largest absolute Gasteiger partial charge is 0.378 e. The van der Waals surface area contributed by atoms with Crippen molar-refractivity contribution in [3.63, 3.8) is 0 Å². The minimum atomic E-state index is -0.567. The maximum absolute atomic E-state index is 13.1. The van der Waals surface area contributed by atoms with Gasteiger partial charge in [-0.25, -0.2) is 0 Å². The number of ketones is 1. The summed E-state index contributed by atoms with van der Waals surface area (Å²) < 4.78 is 7.10. The van der Waals surface area contributed by atoms with Gasteiger partial charge in [-0.1, -0.05) is 39.0 Å². The molecule has 1 aromatic carbocycles. The van der Waals surface area contributed by atoms with Crippen molar-refractivity contribution < 1.29 is 19.1 Å². The molecule has 1 saturated heterocycles. The van der Waals surface area contributed by atoms with Gasteiger partial charge in [-0.05, 0) is 36.7 Å². The highest BCUT2D eigenvalue weighted by molar-refractivity contribution is 6.45. The highest BCUT2D eigenvalue weighted by Gasteiger charge is 2.34. The maximum atomic E-state index is 13.1. The number of morpholine rings is 1. The molecule has 1 aliphatic heterocycles. The predicted molar refractivity (Wildman–Crippen MR) is 122 cm³/mol. The van der Waals surface area contributed by atoms with Gasteiger partial charge in [-0.3, -0.25) is 14.4 Å². The molecule has 2 heterocycles. The van der Waals surface area contributed by atoms with Gasteiger partial charge in [0.05, 0.1) is 18.8 Å². The summed E-state index contributed by atoms with van der Waals surface area (Å²) in [6.07, 6.45) is 4.53. The lowest BCUT2D eigenvalue weighted by molar-refractivity contribution is -0.135. The number of aromatic nitrogens is 1. The zero-order valence-electron chi connectivity index (χ0n) is 19.2. The Morgan fingerprint density at radius 1 is 1.12 bits per heavy atom. The third-order valence-electron chi connectivity index (χ3n) is 6.63. The van der Waals surface area contributed by atoms with Crippen molar-refractivity contribution in [3.05, 3.63) is 36.0 Å². The Hall–Kier alpha value is -2.67. The van der Waals surface area contributed by atoms with Crippen LogP contribution in [0.5, 0.6) is 0 Å². The van der Waals surface area contributed by atoms with Crippen molar-refractivity contribution in [2.24, 2.45) is 11.3 Å². The van der Waals surface area contributed by atoms with Crippen LogP contribution in [0.15, 0.2) is 30.5 Å². The van der Waals surface area contributed by atoms with E-state index in [4.69, 9.17) is 4.74 Å². The molecule has 172 valence electrons. The van der Waals surface area contributed by atoms with Crippen LogP contribution in [0, 0.1) is 11.3 Å². The van der Waals surface area contributed by atoms with Crippen LogP contribution in [0.25, 0.3) is 10.9 Å². The standard InChI is InChI=1S/C25H33N3O4/c1-17-12-18(14-25(2,3)13-17)26-24(31)23(30)20-15-28(21-7-5-4-6-19(20)21)16-22(29)27-8-10-32-11-9-27/h4-7,15,17-18H,8-14,16H2,1-3H3,(H,26,31)/t17-,18+/m1/s1. The summed E-state index contributed by atoms with van der Waals surface area (Å²) in [7, 11) is 0. The fourth-order valence-corrected chi connectivity index (χ4v) is 5.45. The first-order valence-electron chi connectivity index (χ1n) is 11.5. The molecule has 4 rings (SSSR count). The van der Waals surface area contributed by atoms with Gasteiger partial charge >= 0.3 is 0 Å². The second kappa shape index (κ2) is 9.06. The van der Waals surface area contributed by atoms with Crippen LogP contribution < -0.4 is 5.32 Å². The van der Waals surface area contributed by atoms with Crippen LogP contribution in [0.1, 0.15) is 50.4 Å². The topological polar surface area (TPSA) is 80.6 Å². The highest BCUT2D eigenvalue weighted by Crippen LogP contribution is 2.38. The molecule has 2 aromatic rings. The summed E-state index contributed by atoms with van der Waals surface area (Å²) in [5, 5.41) is 3.68. The van der Waals surface area contributed by atoms with Gasteiger partial charge in [-0.15, -0.1) is 0 Å². The van der Waals surface area contributed by atoms with E-state index in [0.717, 1.165) is 24.8 Å². The number of benzene rings is 1. The van der Waals surface area contributed by atoms with Gasteiger partial charge in [0.1, 0.15) is 6.54 Å². The van der Waals surface area contributed by atoms with E-state index in [1.54, 1.807) is 15.7 Å². The number of fused-ring (bicyclic) bond motifs is 1. The Balaban J connectivity index is 1.52. The van der Waals surface area contributed by atoms with Gasteiger partial charge < -0.3 is 19.5 Å². The van der Waals surface area contributed by atoms with Crippen LogP contribution in [0.3, 0.4) is 0 Å². The van der Waals surface area contributed by atoms with Gasteiger partial charge in [0.15, 0.2) is 0 Å². The highest BCUT2D eigenvalue weighted by atomic mass is 16.5. The number of nitrogens with one attached hydrogen (secondary N) is 1. The normalized spacial score (nSPS) is 23.2. The van der Waals surface area contributed by atoms with Gasteiger partial charge in [0.2, 0.25) is 5.91 Å². The number of carbonyl (C=O) groups is 3. The summed E-state index contributed by atoms with van der Waals surface area (Å²) in [5.74, 6) is -0.625. The Labute approximate surface area is 189 Å². The lowest BCUT2D eigenvalue weighted by atomic mass is 9.70. The van der Waals surface area contributed by atoms with Crippen molar-refractivity contribution >= 4 is 28.5 Å². The van der Waals surface area contributed by atoms with E-state index >= 15 is 0 Å². The minimum Gasteiger partial charge on any atom is -0.378 e. The monoisotopic (exact) mass is 439 g/mol. The molecule has 0 bridgehead atoms. The fraction of sp³-hybridized carbons (Fsp3) is 0.560. The predicted octanol–water partition coefficient (Wildman–Crippen LogP) is 3.01. The van der Waals surface area contributed by atoms with E-state index in [2.05, 4.69) is 26.1 Å². The lowest BCUT2D eigenvalue weighted by Crippen LogP contribution is -2.45. The molecule has 1 aliphatic carbocycles. The first-order chi connectivity index (χ1) is 15.2. The van der Waals surface area contributed by atoms with Crippen molar-refractivity contribution in [1.82, 2.24) is 14.8 Å². The molecule has 0 unspecified atom stereocenters. The van der Waals surface area contributed by atoms with Crippen molar-refractivity contribution in [2.75, 3.05) is 26.3 Å². The molecule has 1 aromatic heterocycles. The summed E-state index contributed by atoms with van der Waals surface area (Å²) >= 11 is 0. The van der Waals surface area contributed by atoms with Crippen LogP contribution in [0.4, 0.5) is 0 Å². The van der Waals surface area contributed by atoms with E-state index in [-0.39, 0.29) is 23.9 Å². The van der Waals surface area contributed by atoms with Crippen molar-refractivity contribution in [1.29, 1.82) is 0 Å². The molecule has 2 amide bonds. The number of para-hydroxylation sites is 1. The number of carbonyl (C=O) groups excluding carboxylic acids is 3. The molecule has 0 spiro atoms. The lowest BCUT2D eigenvalue weighted by Gasteiger charge is -2.39. The number of amides is 2. The second-order valence-corrected chi connectivity index (χ2v) is 10.1. The van der Waals surface area contributed by atoms with Crippen molar-refractivity contribution in [2.45, 2.75) is 52.6 Å². The number of Topliss-reactive ketones (excluding diaryl/α,β-unsaturated/α-hetero) is 1. The number of hydrogen-bond acceptors (Lipinski definition) is 4. The summed E-state index contributed by atoms with van der Waals surface area (Å²) in [6, 6.07) is 7.43. The molecule has 1 saturated carbocycles. The first kappa shape index (κ1) is 22.5. The van der Waals surface area contributed by atoms with E-state index in [9.17, 15) is 14.4 Å². The molecule has 2 fully saturated rings. The smallest absolute Gasteiger partial charge is 0.292 e. The average Bonchev–Trinajstić information content (AvgIpc) is 3.10. The van der Waals surface area contributed by atoms with E-state index in [0.29, 0.717) is 43.2 Å². The number of nitrogens with zero attached hydrogens (tertiary/aromatic N) is 2. The van der Waals surface area contributed by atoms with Crippen LogP contribution in [-0.4, -0.2) is 59.4 Å². The molecule has 7 heteroatoms. The molecule has 0 radical (unpaired) electrons. The SMILES string of the molecule is C[C@@H]1C[C@H](NC(=O)C(=O)c2cn(CC(=O)N3CCOCC3)c3ccccc23)CC(C)(C)C1. The van der Waals surface area contributed by atoms with Gasteiger partial charge in [-0.2, -0.15) is 0 Å². The number of ether oxygens (including phenoxy) is 1. The fourth-order valence-electron chi connectivity index (χ4n) is 5.45. The van der Waals surface area contributed by atoms with Gasteiger partial charge in [0.25, 0.3) is 11.7 Å². The Morgan fingerprint density at radius 2 is 1.84 bits per heavy atom. The molecule has 2 aliphatic rings. The zero-order chi connectivity index (χ0) is 22.9. The Kier molecular flexibility index (Phi) is 6.38. The van der Waals surface area contributed by atoms with E-state index < -0.39 is 11.7 Å². The van der Waals surface area contributed by atoms with Crippen LogP contribution in [-0.2, 0) is 20.9 Å². The summed E-state index contributed by atoms with van der Waals surface area (Å²) in [4.78, 5) is 40.6. The molecule has 32 heavy (non-hydrogen) atoms. The number of hydrogen-bond donors (Lipinski definition) is 1. The second-order valence-electron chi connectivity index (χ2n) is 10.1. The first-order valence-corrected chi connectivity index (χ1v) is 11.5. The van der Waals surface area contributed by atoms with Crippen LogP contribution >= 0.6 is 0 Å². The number of rotatable bonds is 5. The van der Waals surface area contributed by atoms with Crippen molar-refractivity contribution in [3.8, 4) is 0 Å². The molecule has 1 N–H and O–H groups in total. The Bertz CT molecular complexity index is 1020. The quantitative estimate of drug-likeness (QED) is 0.574. The molecular weight excluding hydrogens is 406 g/mol. The molecule has 7 nitrogen and oxygen atoms in total. The third kappa shape index (κ3) is 4.88. The Morgan fingerprint density at radius 3 is 2.56 bits per heavy atom.